The number of aliphatic hydroxyl groups excluding tert-OH is 3. The summed E-state index contributed by atoms with van der Waals surface area (Å²) in [6, 6.07) is 6.67. The Bertz CT molecular complexity index is 2100. The van der Waals surface area contributed by atoms with Gasteiger partial charge < -0.3 is 53.6 Å². The van der Waals surface area contributed by atoms with Gasteiger partial charge in [0, 0.05) is 69.1 Å². The molecule has 1 aromatic heterocycles. The van der Waals surface area contributed by atoms with Gasteiger partial charge in [0.15, 0.2) is 0 Å². The number of rotatable bonds is 7. The van der Waals surface area contributed by atoms with Gasteiger partial charge in [-0.3, -0.25) is 14.4 Å². The van der Waals surface area contributed by atoms with Crippen LogP contribution >= 0.6 is 0 Å². The van der Waals surface area contributed by atoms with Crippen molar-refractivity contribution in [2.75, 3.05) is 20.8 Å². The lowest BCUT2D eigenvalue weighted by molar-refractivity contribution is -0.302. The number of aromatic nitrogens is 1. The van der Waals surface area contributed by atoms with Crippen LogP contribution in [0, 0.1) is 29.6 Å². The monoisotopic (exact) mass is 923 g/mol. The van der Waals surface area contributed by atoms with Crippen molar-refractivity contribution >= 4 is 34.3 Å². The minimum absolute atomic E-state index is 0.0500. The SMILES string of the molecule is CCC1C=C(C)C(O)C(C)CC(OC)C2OC(O)(C(=O)C(=O)N3CCCCC3C(=O)OC(C(C)=CC3CCC(Oc4ccc5c(ccn5C)c4)C(O)C3)C(C)C(O)CC1=O)C(C)CC2OC. The Morgan fingerprint density at radius 1 is 0.924 bits per heavy atom. The van der Waals surface area contributed by atoms with Crippen LogP contribution < -0.4 is 4.74 Å². The fourth-order valence-corrected chi connectivity index (χ4v) is 10.7. The fraction of sp³-hybridized carbons (Fsp3) is 0.686. The second kappa shape index (κ2) is 22.0. The highest BCUT2D eigenvalue weighted by atomic mass is 16.7. The molecule has 1 aliphatic carbocycles. The van der Waals surface area contributed by atoms with E-state index < -0.39 is 102 Å². The van der Waals surface area contributed by atoms with Crippen LogP contribution in [-0.4, -0.2) is 135 Å². The van der Waals surface area contributed by atoms with Crippen molar-refractivity contribution in [3.05, 3.63) is 53.8 Å². The molecule has 15 nitrogen and oxygen atoms in total. The summed E-state index contributed by atoms with van der Waals surface area (Å²) >= 11 is 0. The largest absolute Gasteiger partial charge is 0.488 e. The summed E-state index contributed by atoms with van der Waals surface area (Å²) < 4.78 is 32.5. The molecule has 15 atom stereocenters. The third-order valence-electron chi connectivity index (χ3n) is 15.0. The van der Waals surface area contributed by atoms with Gasteiger partial charge in [-0.25, -0.2) is 4.79 Å². The number of cyclic esters (lactones) is 1. The molecule has 15 unspecified atom stereocenters. The third kappa shape index (κ3) is 11.1. The molecule has 15 heteroatoms. The van der Waals surface area contributed by atoms with E-state index in [0.29, 0.717) is 55.4 Å². The van der Waals surface area contributed by atoms with E-state index in [1.807, 2.05) is 62.0 Å². The highest BCUT2D eigenvalue weighted by molar-refractivity contribution is 6.39. The number of nitrogens with zero attached hydrogens (tertiary/aromatic N) is 2. The van der Waals surface area contributed by atoms with Crippen molar-refractivity contribution in [3.8, 4) is 5.75 Å². The summed E-state index contributed by atoms with van der Waals surface area (Å²) in [6.07, 6.45) is 1.97. The number of ether oxygens (including phenoxy) is 5. The van der Waals surface area contributed by atoms with E-state index in [2.05, 4.69) is 0 Å². The lowest BCUT2D eigenvalue weighted by Gasteiger charge is -2.47. The van der Waals surface area contributed by atoms with Crippen LogP contribution in [0.1, 0.15) is 106 Å². The molecule has 2 bridgehead atoms. The minimum atomic E-state index is -2.59. The number of ketones is 2. The zero-order valence-corrected chi connectivity index (χ0v) is 40.3. The van der Waals surface area contributed by atoms with E-state index in [1.54, 1.807) is 33.8 Å². The number of hydrogen-bond acceptors (Lipinski definition) is 13. The number of hydrogen-bond donors (Lipinski definition) is 4. The van der Waals surface area contributed by atoms with Gasteiger partial charge in [-0.05, 0) is 119 Å². The topological polar surface area (TPSA) is 204 Å². The normalized spacial score (nSPS) is 37.4. The van der Waals surface area contributed by atoms with E-state index >= 15 is 0 Å². The Hall–Kier alpha value is -3.96. The molecule has 1 saturated carbocycles. The summed E-state index contributed by atoms with van der Waals surface area (Å²) in [5, 5.41) is 47.9. The molecule has 0 radical (unpaired) electrons. The Balaban J connectivity index is 1.30. The highest BCUT2D eigenvalue weighted by Gasteiger charge is 2.57. The number of carbonyl (C=O) groups excluding carboxylic acids is 4. The molecule has 4 aliphatic rings. The van der Waals surface area contributed by atoms with E-state index in [-0.39, 0.29) is 43.9 Å². The highest BCUT2D eigenvalue weighted by Crippen LogP contribution is 2.40. The predicted octanol–water partition coefficient (Wildman–Crippen LogP) is 5.37. The van der Waals surface area contributed by atoms with Gasteiger partial charge in [-0.1, -0.05) is 39.8 Å². The number of carbonyl (C=O) groups is 4. The summed E-state index contributed by atoms with van der Waals surface area (Å²) in [6.45, 7) is 10.6. The van der Waals surface area contributed by atoms with Gasteiger partial charge in [0.05, 0.1) is 30.5 Å². The summed E-state index contributed by atoms with van der Waals surface area (Å²) in [5.41, 5.74) is 2.22. The standard InChI is InChI=1S/C51H74N2O13/c1-10-34-22-28(2)45(57)29(3)23-43(62-8)47-44(63-9)24-31(5)51(61,66-47)48(58)49(59)53-19-12-11-13-38(53)50(60)65-46(32(6)39(54)27-40(34)55)30(4)21-33-14-17-42(41(56)25-33)64-36-15-16-37-35(26-36)18-20-52(37)7/h15-16,18,20-22,26,29,31-34,38-39,41-47,54,56-57,61H,10-14,17,19,23-25,27H2,1-9H3. The van der Waals surface area contributed by atoms with E-state index in [1.165, 1.54) is 14.2 Å². The summed E-state index contributed by atoms with van der Waals surface area (Å²) in [7, 11) is 4.92. The number of benzene rings is 1. The molecule has 2 aromatic rings. The average molecular weight is 923 g/mol. The number of piperidine rings is 1. The van der Waals surface area contributed by atoms with Gasteiger partial charge in [-0.2, -0.15) is 0 Å². The van der Waals surface area contributed by atoms with Gasteiger partial charge in [0.1, 0.15) is 35.9 Å². The van der Waals surface area contributed by atoms with Gasteiger partial charge >= 0.3 is 5.97 Å². The second-order valence-electron chi connectivity index (χ2n) is 19.7. The zero-order valence-electron chi connectivity index (χ0n) is 40.3. The van der Waals surface area contributed by atoms with Crippen LogP contribution in [0.25, 0.3) is 10.9 Å². The zero-order chi connectivity index (χ0) is 48.2. The quantitative estimate of drug-likeness (QED) is 0.157. The maximum atomic E-state index is 14.5. The molecular weight excluding hydrogens is 849 g/mol. The lowest BCUT2D eigenvalue weighted by atomic mass is 9.81. The Morgan fingerprint density at radius 3 is 2.32 bits per heavy atom. The first-order valence-corrected chi connectivity index (χ1v) is 24.0. The van der Waals surface area contributed by atoms with E-state index in [4.69, 9.17) is 23.7 Å². The molecule has 6 rings (SSSR count). The lowest BCUT2D eigenvalue weighted by Crippen LogP contribution is -2.64. The number of fused-ring (bicyclic) bond motifs is 4. The molecule has 1 aromatic carbocycles. The predicted molar refractivity (Wildman–Crippen MR) is 246 cm³/mol. The first kappa shape index (κ1) is 51.4. The molecule has 4 N–H and O–H groups in total. The maximum absolute atomic E-state index is 14.5. The van der Waals surface area contributed by atoms with Crippen molar-refractivity contribution in [2.24, 2.45) is 36.6 Å². The molecule has 366 valence electrons. The third-order valence-corrected chi connectivity index (χ3v) is 15.0. The van der Waals surface area contributed by atoms with Crippen LogP contribution in [0.4, 0.5) is 0 Å². The maximum Gasteiger partial charge on any atom is 0.329 e. The Kier molecular flexibility index (Phi) is 17.1. The molecule has 3 aliphatic heterocycles. The van der Waals surface area contributed by atoms with Crippen molar-refractivity contribution in [3.63, 3.8) is 0 Å². The summed E-state index contributed by atoms with van der Waals surface area (Å²) in [5.74, 6) is -8.18. The Morgan fingerprint density at radius 2 is 1.64 bits per heavy atom. The number of esters is 1. The van der Waals surface area contributed by atoms with Gasteiger partial charge in [-0.15, -0.1) is 0 Å². The van der Waals surface area contributed by atoms with Crippen LogP contribution in [0.3, 0.4) is 0 Å². The minimum Gasteiger partial charge on any atom is -0.488 e. The molecular formula is C51H74N2O13. The van der Waals surface area contributed by atoms with Gasteiger partial charge in [0.2, 0.25) is 5.79 Å². The number of Topliss-reactive ketones (excluding diaryl/α,β-unsaturated/α-hetero) is 2. The van der Waals surface area contributed by atoms with E-state index in [9.17, 15) is 39.6 Å². The van der Waals surface area contributed by atoms with E-state index in [0.717, 1.165) is 15.8 Å². The van der Waals surface area contributed by atoms with Crippen LogP contribution in [-0.2, 0) is 45.2 Å². The van der Waals surface area contributed by atoms with Crippen molar-refractivity contribution in [2.45, 2.75) is 166 Å². The first-order chi connectivity index (χ1) is 31.3. The second-order valence-corrected chi connectivity index (χ2v) is 19.7. The number of aryl methyl sites for hydroxylation is 1. The van der Waals surface area contributed by atoms with Crippen LogP contribution in [0.5, 0.6) is 5.75 Å². The smallest absolute Gasteiger partial charge is 0.329 e. The van der Waals surface area contributed by atoms with Crippen LogP contribution in [0.2, 0.25) is 0 Å². The number of allylic oxidation sites excluding steroid dienone is 2. The number of aliphatic hydroxyl groups is 4. The van der Waals surface area contributed by atoms with Crippen molar-refractivity contribution in [1.29, 1.82) is 0 Å². The molecule has 2 saturated heterocycles. The molecule has 0 spiro atoms. The van der Waals surface area contributed by atoms with Gasteiger partial charge in [0.25, 0.3) is 11.7 Å². The molecule has 4 heterocycles. The van der Waals surface area contributed by atoms with Crippen LogP contribution in [0.15, 0.2) is 53.8 Å². The van der Waals surface area contributed by atoms with Crippen molar-refractivity contribution < 1.29 is 63.3 Å². The molecule has 3 fully saturated rings. The molecule has 1 amide bonds. The summed E-state index contributed by atoms with van der Waals surface area (Å²) in [4.78, 5) is 58.3. The first-order valence-electron chi connectivity index (χ1n) is 24.0. The Labute approximate surface area is 389 Å². The average Bonchev–Trinajstić information content (AvgIpc) is 3.68. The fourth-order valence-electron chi connectivity index (χ4n) is 10.7. The number of methoxy groups -OCH3 is 2. The molecule has 66 heavy (non-hydrogen) atoms. The number of amides is 1. The van der Waals surface area contributed by atoms with Crippen molar-refractivity contribution in [1.82, 2.24) is 9.47 Å².